The number of unbranched alkanes of at least 4 members (excludes halogenated alkanes) is 1. The molecule has 0 saturated carbocycles. The van der Waals surface area contributed by atoms with Crippen LogP contribution in [0.3, 0.4) is 0 Å². The molecule has 0 fully saturated rings. The highest BCUT2D eigenvalue weighted by molar-refractivity contribution is 5.75. The summed E-state index contributed by atoms with van der Waals surface area (Å²) >= 11 is 0. The third-order valence-electron chi connectivity index (χ3n) is 2.89. The fourth-order valence-corrected chi connectivity index (χ4v) is 1.89. The number of carbonyl (C=O) groups excluding carboxylic acids is 1. The Morgan fingerprint density at radius 2 is 1.95 bits per heavy atom. The third-order valence-corrected chi connectivity index (χ3v) is 2.89. The van der Waals surface area contributed by atoms with E-state index in [1.807, 2.05) is 35.2 Å². The molecule has 112 valence electrons. The van der Waals surface area contributed by atoms with Gasteiger partial charge in [-0.05, 0) is 32.4 Å². The molecule has 1 aromatic rings. The maximum absolute atomic E-state index is 14.0. The van der Waals surface area contributed by atoms with Gasteiger partial charge in [0.1, 0.15) is 0 Å². The number of hydrogen-bond acceptors (Lipinski definition) is 3. The van der Waals surface area contributed by atoms with Gasteiger partial charge in [0.15, 0.2) is 0 Å². The van der Waals surface area contributed by atoms with Crippen LogP contribution in [0, 0.1) is 0 Å². The molecule has 0 bridgehead atoms. The number of carbonyl (C=O) groups is 1. The number of nitrogens with zero attached hydrogens (tertiary/aromatic N) is 1. The molecule has 0 N–H and O–H groups in total. The number of halogens is 1. The van der Waals surface area contributed by atoms with Crippen LogP contribution < -0.4 is 4.90 Å². The first-order chi connectivity index (χ1) is 9.54. The zero-order valence-electron chi connectivity index (χ0n) is 12.5. The maximum atomic E-state index is 14.0. The average Bonchev–Trinajstić information content (AvgIpc) is 2.43. The number of esters is 1. The zero-order valence-corrected chi connectivity index (χ0v) is 12.5. The molecule has 0 saturated heterocycles. The van der Waals surface area contributed by atoms with Crippen LogP contribution in [0.1, 0.15) is 33.6 Å². The normalized spacial score (nSPS) is 12.2. The van der Waals surface area contributed by atoms with Gasteiger partial charge in [0.05, 0.1) is 12.6 Å². The van der Waals surface area contributed by atoms with Crippen LogP contribution in [0.25, 0.3) is 0 Å². The predicted molar refractivity (Wildman–Crippen MR) is 79.7 cm³/mol. The number of alkyl halides is 1. The van der Waals surface area contributed by atoms with E-state index in [0.717, 1.165) is 25.1 Å². The van der Waals surface area contributed by atoms with Crippen LogP contribution in [-0.4, -0.2) is 31.3 Å². The Morgan fingerprint density at radius 1 is 1.30 bits per heavy atom. The number of anilines is 1. The van der Waals surface area contributed by atoms with Crippen molar-refractivity contribution < 1.29 is 13.9 Å². The van der Waals surface area contributed by atoms with E-state index >= 15 is 0 Å². The van der Waals surface area contributed by atoms with Crippen LogP contribution >= 0.6 is 0 Å². The van der Waals surface area contributed by atoms with E-state index in [1.165, 1.54) is 0 Å². The lowest BCUT2D eigenvalue weighted by Crippen LogP contribution is -2.37. The molecule has 4 heteroatoms. The van der Waals surface area contributed by atoms with Crippen molar-refractivity contribution in [3.05, 3.63) is 30.3 Å². The number of para-hydroxylation sites is 1. The van der Waals surface area contributed by atoms with Crippen molar-refractivity contribution in [1.82, 2.24) is 0 Å². The molecule has 0 spiro atoms. The van der Waals surface area contributed by atoms with Crippen LogP contribution in [-0.2, 0) is 9.53 Å². The molecule has 3 nitrogen and oxygen atoms in total. The van der Waals surface area contributed by atoms with Crippen molar-refractivity contribution in [2.45, 2.75) is 45.9 Å². The molecule has 20 heavy (non-hydrogen) atoms. The summed E-state index contributed by atoms with van der Waals surface area (Å²) in [6.07, 6.45) is 0.0772. The lowest BCUT2D eigenvalue weighted by molar-refractivity contribution is -0.153. The standard InChI is InChI=1S/C16H24FNO2/c1-4-5-11-18(14-9-7-6-8-10-14)12-15(17)16(19)20-13(2)3/h6-10,13,15H,4-5,11-12H2,1-3H3. The smallest absolute Gasteiger partial charge is 0.342 e. The second-order valence-corrected chi connectivity index (χ2v) is 5.09. The van der Waals surface area contributed by atoms with Crippen molar-refractivity contribution in [3.63, 3.8) is 0 Å². The van der Waals surface area contributed by atoms with Crippen molar-refractivity contribution in [2.75, 3.05) is 18.0 Å². The topological polar surface area (TPSA) is 29.5 Å². The Morgan fingerprint density at radius 3 is 2.50 bits per heavy atom. The fourth-order valence-electron chi connectivity index (χ4n) is 1.89. The summed E-state index contributed by atoms with van der Waals surface area (Å²) in [5.41, 5.74) is 0.931. The van der Waals surface area contributed by atoms with Crippen LogP contribution in [0.5, 0.6) is 0 Å². The van der Waals surface area contributed by atoms with Gasteiger partial charge in [0.25, 0.3) is 0 Å². The molecule has 0 aliphatic rings. The number of ether oxygens (including phenoxy) is 1. The first kappa shape index (κ1) is 16.5. The lowest BCUT2D eigenvalue weighted by atomic mass is 10.2. The summed E-state index contributed by atoms with van der Waals surface area (Å²) in [5, 5.41) is 0. The highest BCUT2D eigenvalue weighted by atomic mass is 19.1. The molecule has 0 aromatic heterocycles. The van der Waals surface area contributed by atoms with Gasteiger partial charge in [-0.3, -0.25) is 0 Å². The molecular formula is C16H24FNO2. The lowest BCUT2D eigenvalue weighted by Gasteiger charge is -2.26. The molecule has 0 amide bonds. The van der Waals surface area contributed by atoms with Crippen molar-refractivity contribution in [2.24, 2.45) is 0 Å². The number of benzene rings is 1. The van der Waals surface area contributed by atoms with Gasteiger partial charge in [-0.25, -0.2) is 9.18 Å². The quantitative estimate of drug-likeness (QED) is 0.682. The summed E-state index contributed by atoms with van der Waals surface area (Å²) in [6.45, 7) is 6.29. The molecular weight excluding hydrogens is 257 g/mol. The minimum absolute atomic E-state index is 0.0373. The van der Waals surface area contributed by atoms with E-state index in [2.05, 4.69) is 6.92 Å². The Bertz CT molecular complexity index is 395. The highest BCUT2D eigenvalue weighted by Gasteiger charge is 2.23. The van der Waals surface area contributed by atoms with E-state index < -0.39 is 12.1 Å². The molecule has 1 atom stereocenters. The van der Waals surface area contributed by atoms with Crippen LogP contribution in [0.4, 0.5) is 10.1 Å². The Labute approximate surface area is 120 Å². The largest absolute Gasteiger partial charge is 0.461 e. The van der Waals surface area contributed by atoms with Gasteiger partial charge in [-0.2, -0.15) is 0 Å². The molecule has 1 rings (SSSR count). The Hall–Kier alpha value is -1.58. The first-order valence-corrected chi connectivity index (χ1v) is 7.19. The second-order valence-electron chi connectivity index (χ2n) is 5.09. The van der Waals surface area contributed by atoms with Crippen molar-refractivity contribution in [3.8, 4) is 0 Å². The molecule has 0 heterocycles. The predicted octanol–water partition coefficient (Wildman–Crippen LogP) is 3.58. The van der Waals surface area contributed by atoms with Gasteiger partial charge in [0, 0.05) is 12.2 Å². The summed E-state index contributed by atoms with van der Waals surface area (Å²) in [5.74, 6) is -0.780. The van der Waals surface area contributed by atoms with Crippen LogP contribution in [0.15, 0.2) is 30.3 Å². The van der Waals surface area contributed by atoms with Gasteiger partial charge in [0.2, 0.25) is 6.17 Å². The summed E-state index contributed by atoms with van der Waals surface area (Å²) in [7, 11) is 0. The van der Waals surface area contributed by atoms with Gasteiger partial charge < -0.3 is 9.64 Å². The average molecular weight is 281 g/mol. The summed E-state index contributed by atoms with van der Waals surface area (Å²) in [6, 6.07) is 9.59. The number of hydrogen-bond donors (Lipinski definition) is 0. The summed E-state index contributed by atoms with van der Waals surface area (Å²) < 4.78 is 18.9. The highest BCUT2D eigenvalue weighted by Crippen LogP contribution is 2.16. The molecule has 0 radical (unpaired) electrons. The third kappa shape index (κ3) is 5.59. The van der Waals surface area contributed by atoms with Crippen molar-refractivity contribution in [1.29, 1.82) is 0 Å². The number of rotatable bonds is 8. The summed E-state index contributed by atoms with van der Waals surface area (Å²) in [4.78, 5) is 13.5. The zero-order chi connectivity index (χ0) is 15.0. The Kier molecular flexibility index (Phi) is 7.05. The molecule has 0 aliphatic carbocycles. The van der Waals surface area contributed by atoms with Gasteiger partial charge in [-0.15, -0.1) is 0 Å². The van der Waals surface area contributed by atoms with E-state index in [1.54, 1.807) is 13.8 Å². The Balaban J connectivity index is 2.67. The molecule has 1 unspecified atom stereocenters. The fraction of sp³-hybridized carbons (Fsp3) is 0.562. The van der Waals surface area contributed by atoms with Gasteiger partial charge in [-0.1, -0.05) is 31.5 Å². The van der Waals surface area contributed by atoms with E-state index in [0.29, 0.717) is 0 Å². The van der Waals surface area contributed by atoms with E-state index in [9.17, 15) is 9.18 Å². The van der Waals surface area contributed by atoms with Crippen molar-refractivity contribution >= 4 is 11.7 Å². The van der Waals surface area contributed by atoms with E-state index in [4.69, 9.17) is 4.74 Å². The monoisotopic (exact) mass is 281 g/mol. The minimum Gasteiger partial charge on any atom is -0.461 e. The minimum atomic E-state index is -1.62. The van der Waals surface area contributed by atoms with Gasteiger partial charge >= 0.3 is 5.97 Å². The molecule has 0 aliphatic heterocycles. The SMILES string of the molecule is CCCCN(CC(F)C(=O)OC(C)C)c1ccccc1. The van der Waals surface area contributed by atoms with Crippen LogP contribution in [0.2, 0.25) is 0 Å². The maximum Gasteiger partial charge on any atom is 0.342 e. The van der Waals surface area contributed by atoms with E-state index in [-0.39, 0.29) is 12.6 Å². The first-order valence-electron chi connectivity index (χ1n) is 7.19. The second kappa shape index (κ2) is 8.56. The molecule has 1 aromatic carbocycles.